The fraction of sp³-hybridized carbons (Fsp3) is 0.455. The Morgan fingerprint density at radius 3 is 1.62 bits per heavy atom. The van der Waals surface area contributed by atoms with Crippen LogP contribution in [0.1, 0.15) is 0 Å². The fourth-order valence-corrected chi connectivity index (χ4v) is 3.15. The van der Waals surface area contributed by atoms with E-state index < -0.39 is 50.6 Å². The number of hydrogen-bond donors (Lipinski definition) is 1. The molecule has 0 saturated carbocycles. The Kier molecular flexibility index (Phi) is 7.30. The van der Waals surface area contributed by atoms with Crippen molar-refractivity contribution < 1.29 is 53.1 Å². The topological polar surface area (TPSA) is 47.6 Å². The SMILES string of the molecule is O=P(Nc1ccc(SC(F)(F)F)cc1)(OCC(F)(F)F)OCC(F)(F)F. The summed E-state index contributed by atoms with van der Waals surface area (Å²) in [4.78, 5) is -0.315. The van der Waals surface area contributed by atoms with E-state index in [4.69, 9.17) is 0 Å². The molecule has 26 heavy (non-hydrogen) atoms. The first kappa shape index (κ1) is 22.9. The number of benzene rings is 1. The molecule has 15 heteroatoms. The van der Waals surface area contributed by atoms with Crippen LogP contribution in [0.4, 0.5) is 45.2 Å². The number of halogens is 9. The fourth-order valence-electron chi connectivity index (χ4n) is 1.31. The molecule has 0 aliphatic heterocycles. The molecule has 1 rings (SSSR count). The van der Waals surface area contributed by atoms with E-state index in [1.807, 2.05) is 0 Å². The summed E-state index contributed by atoms with van der Waals surface area (Å²) in [6.45, 7) is -4.34. The molecule has 0 heterocycles. The van der Waals surface area contributed by atoms with Gasteiger partial charge in [-0.25, -0.2) is 4.57 Å². The second-order valence-electron chi connectivity index (χ2n) is 4.46. The lowest BCUT2D eigenvalue weighted by molar-refractivity contribution is -0.165. The summed E-state index contributed by atoms with van der Waals surface area (Å²) in [6, 6.07) is 3.43. The first-order valence-electron chi connectivity index (χ1n) is 6.24. The quantitative estimate of drug-likeness (QED) is 0.323. The summed E-state index contributed by atoms with van der Waals surface area (Å²) in [5.74, 6) is 0. The van der Waals surface area contributed by atoms with Crippen LogP contribution in [-0.4, -0.2) is 31.1 Å². The average molecular weight is 437 g/mol. The third-order valence-electron chi connectivity index (χ3n) is 2.15. The van der Waals surface area contributed by atoms with Gasteiger partial charge in [-0.1, -0.05) is 0 Å². The zero-order valence-electron chi connectivity index (χ0n) is 12.2. The number of rotatable bonds is 7. The van der Waals surface area contributed by atoms with Gasteiger partial charge in [-0.2, -0.15) is 39.5 Å². The van der Waals surface area contributed by atoms with Gasteiger partial charge in [0.15, 0.2) is 13.2 Å². The molecule has 0 aromatic heterocycles. The molecule has 0 fully saturated rings. The monoisotopic (exact) mass is 437 g/mol. The molecule has 0 spiro atoms. The van der Waals surface area contributed by atoms with Gasteiger partial charge >= 0.3 is 25.6 Å². The Morgan fingerprint density at radius 1 is 0.846 bits per heavy atom. The van der Waals surface area contributed by atoms with Crippen molar-refractivity contribution in [2.75, 3.05) is 18.3 Å². The highest BCUT2D eigenvalue weighted by Gasteiger charge is 2.39. The van der Waals surface area contributed by atoms with Gasteiger partial charge < -0.3 is 0 Å². The first-order valence-corrected chi connectivity index (χ1v) is 8.60. The number of nitrogens with one attached hydrogen (secondary N) is 1. The third-order valence-corrected chi connectivity index (χ3v) is 4.36. The molecule has 0 radical (unpaired) electrons. The highest BCUT2D eigenvalue weighted by molar-refractivity contribution is 8.00. The average Bonchev–Trinajstić information content (AvgIpc) is 2.43. The minimum absolute atomic E-state index is 0.315. The Hall–Kier alpha value is -1.11. The highest BCUT2D eigenvalue weighted by atomic mass is 32.2. The van der Waals surface area contributed by atoms with Crippen molar-refractivity contribution >= 4 is 25.2 Å². The predicted octanol–water partition coefficient (Wildman–Crippen LogP) is 5.98. The van der Waals surface area contributed by atoms with Crippen molar-refractivity contribution in [3.8, 4) is 0 Å². The summed E-state index contributed by atoms with van der Waals surface area (Å²) in [7, 11) is -5.11. The second kappa shape index (κ2) is 8.28. The van der Waals surface area contributed by atoms with E-state index in [2.05, 4.69) is 9.05 Å². The van der Waals surface area contributed by atoms with Gasteiger partial charge in [0.25, 0.3) is 0 Å². The van der Waals surface area contributed by atoms with Crippen LogP contribution in [0, 0.1) is 0 Å². The second-order valence-corrected chi connectivity index (χ2v) is 7.33. The van der Waals surface area contributed by atoms with Crippen LogP contribution in [0.15, 0.2) is 29.2 Å². The number of alkyl halides is 9. The number of anilines is 1. The van der Waals surface area contributed by atoms with Gasteiger partial charge in [0.05, 0.1) is 0 Å². The maximum atomic E-state index is 12.2. The van der Waals surface area contributed by atoms with E-state index in [9.17, 15) is 44.1 Å². The zero-order valence-corrected chi connectivity index (χ0v) is 13.9. The van der Waals surface area contributed by atoms with Crippen LogP contribution >= 0.6 is 19.5 Å². The van der Waals surface area contributed by atoms with Gasteiger partial charge in [0.2, 0.25) is 0 Å². The molecule has 150 valence electrons. The van der Waals surface area contributed by atoms with Crippen molar-refractivity contribution in [1.82, 2.24) is 0 Å². The molecule has 1 aromatic rings. The van der Waals surface area contributed by atoms with Gasteiger partial charge in [-0.05, 0) is 36.0 Å². The maximum absolute atomic E-state index is 12.2. The Bertz CT molecular complexity index is 608. The molecular weight excluding hydrogens is 428 g/mol. The first-order chi connectivity index (χ1) is 11.6. The van der Waals surface area contributed by atoms with Crippen LogP contribution < -0.4 is 5.09 Å². The molecule has 4 nitrogen and oxygen atoms in total. The highest BCUT2D eigenvalue weighted by Crippen LogP contribution is 2.50. The Morgan fingerprint density at radius 2 is 1.27 bits per heavy atom. The minimum atomic E-state index is -5.11. The van der Waals surface area contributed by atoms with Crippen molar-refractivity contribution in [2.24, 2.45) is 0 Å². The lowest BCUT2D eigenvalue weighted by Crippen LogP contribution is -2.22. The van der Waals surface area contributed by atoms with Crippen molar-refractivity contribution in [1.29, 1.82) is 0 Å². The lowest BCUT2D eigenvalue weighted by atomic mass is 10.3. The molecule has 0 unspecified atom stereocenters. The van der Waals surface area contributed by atoms with E-state index in [0.717, 1.165) is 24.3 Å². The zero-order chi connectivity index (χ0) is 20.2. The van der Waals surface area contributed by atoms with Crippen LogP contribution in [0.5, 0.6) is 0 Å². The summed E-state index contributed by atoms with van der Waals surface area (Å²) < 4.78 is 129. The molecule has 0 atom stereocenters. The molecule has 0 saturated heterocycles. The summed E-state index contributed by atoms with van der Waals surface area (Å²) in [6.07, 6.45) is -10.0. The molecule has 0 bridgehead atoms. The van der Waals surface area contributed by atoms with E-state index >= 15 is 0 Å². The van der Waals surface area contributed by atoms with Crippen LogP contribution in [-0.2, 0) is 13.6 Å². The van der Waals surface area contributed by atoms with Crippen LogP contribution in [0.2, 0.25) is 0 Å². The van der Waals surface area contributed by atoms with Crippen LogP contribution in [0.25, 0.3) is 0 Å². The van der Waals surface area contributed by atoms with E-state index in [-0.39, 0.29) is 10.6 Å². The van der Waals surface area contributed by atoms with Crippen molar-refractivity contribution in [3.63, 3.8) is 0 Å². The maximum Gasteiger partial charge on any atom is 0.446 e. The largest absolute Gasteiger partial charge is 0.446 e. The molecule has 0 aliphatic rings. The molecule has 0 aliphatic carbocycles. The molecule has 1 N–H and O–H groups in total. The van der Waals surface area contributed by atoms with Crippen molar-refractivity contribution in [3.05, 3.63) is 24.3 Å². The van der Waals surface area contributed by atoms with Crippen molar-refractivity contribution in [2.45, 2.75) is 22.8 Å². The molecular formula is C11H9F9NO3PS. The smallest absolute Gasteiger partial charge is 0.293 e. The van der Waals surface area contributed by atoms with E-state index in [0.29, 0.717) is 0 Å². The summed E-state index contributed by atoms with van der Waals surface area (Å²) in [5, 5.41) is 1.71. The predicted molar refractivity (Wildman–Crippen MR) is 73.6 cm³/mol. The van der Waals surface area contributed by atoms with Gasteiger partial charge in [-0.3, -0.25) is 14.1 Å². The Balaban J connectivity index is 2.88. The Labute approximate surface area is 144 Å². The van der Waals surface area contributed by atoms with E-state index in [1.54, 1.807) is 5.09 Å². The number of hydrogen-bond acceptors (Lipinski definition) is 4. The minimum Gasteiger partial charge on any atom is -0.293 e. The lowest BCUT2D eigenvalue weighted by Gasteiger charge is -2.21. The van der Waals surface area contributed by atoms with Gasteiger partial charge in [0, 0.05) is 10.6 Å². The standard InChI is InChI=1S/C11H9F9NO3PS/c12-9(13,14)5-23-25(22,24-6-10(15,16)17)21-7-1-3-8(4-2-7)26-11(18,19)20/h1-4H,5-6H2,(H,21,22). The van der Waals surface area contributed by atoms with Gasteiger partial charge in [0.1, 0.15) is 0 Å². The van der Waals surface area contributed by atoms with Gasteiger partial charge in [-0.15, -0.1) is 0 Å². The summed E-state index contributed by atoms with van der Waals surface area (Å²) in [5.41, 5.74) is -4.97. The summed E-state index contributed by atoms with van der Waals surface area (Å²) >= 11 is -0.502. The van der Waals surface area contributed by atoms with Crippen LogP contribution in [0.3, 0.4) is 0 Å². The third kappa shape index (κ3) is 10.1. The molecule has 0 amide bonds. The normalized spacial score (nSPS) is 13.7. The molecule has 1 aromatic carbocycles. The van der Waals surface area contributed by atoms with E-state index in [1.165, 1.54) is 0 Å². The number of thioether (sulfide) groups is 1.